The molecule has 10 nitrogen and oxygen atoms in total. The molecule has 0 atom stereocenters. The van der Waals surface area contributed by atoms with Gasteiger partial charge in [0, 0.05) is 0 Å². The fraction of sp³-hybridized carbons (Fsp3) is 0. The maximum Gasteiger partial charge on any atom is 1.00 e. The Morgan fingerprint density at radius 2 is 0.250 bits per heavy atom. The molecule has 0 aliphatic carbocycles. The smallest absolute Gasteiger partial charge is 1.00 e. The van der Waals surface area contributed by atoms with Crippen molar-refractivity contribution in [2.24, 2.45) is 0 Å². The minimum Gasteiger partial charge on any atom is -1.00 e. The Morgan fingerprint density at radius 3 is 0.250 bits per heavy atom. The van der Waals surface area contributed by atoms with Crippen molar-refractivity contribution < 1.29 is 89.0 Å². The van der Waals surface area contributed by atoms with Crippen LogP contribution >= 0.6 is 0 Å². The average molecular weight is 222 g/mol. The Morgan fingerprint density at radius 1 is 0.250 bits per heavy atom. The molecule has 0 aliphatic heterocycles. The molecule has 0 aromatic carbocycles. The second-order valence-corrected chi connectivity index (χ2v) is 0. The van der Waals surface area contributed by atoms with Crippen molar-refractivity contribution in [2.75, 3.05) is 0 Å². The van der Waals surface area contributed by atoms with Gasteiger partial charge in [0.1, 0.15) is 0 Å². The minimum absolute atomic E-state index is 0. The van der Waals surface area contributed by atoms with Crippen molar-refractivity contribution in [3.8, 4) is 0 Å². The molecule has 0 saturated carbocycles. The van der Waals surface area contributed by atoms with Crippen LogP contribution in [-0.4, -0.2) is 54.8 Å². The summed E-state index contributed by atoms with van der Waals surface area (Å²) in [5.74, 6) is 0. The quantitative estimate of drug-likeness (QED) is 0.344. The van der Waals surface area contributed by atoms with Gasteiger partial charge in [-0.2, -0.15) is 0 Å². The first kappa shape index (κ1) is 5930. The summed E-state index contributed by atoms with van der Waals surface area (Å²) in [6.45, 7) is 0. The van der Waals surface area contributed by atoms with Gasteiger partial charge in [-0.3, -0.25) is 0 Å². The van der Waals surface area contributed by atoms with E-state index in [1.807, 2.05) is 0 Å². The van der Waals surface area contributed by atoms with Crippen LogP contribution < -0.4 is 34.3 Å². The van der Waals surface area contributed by atoms with Gasteiger partial charge < -0.3 is 59.5 Å². The van der Waals surface area contributed by atoms with Gasteiger partial charge in [-0.25, -0.2) is 0 Å². The molecule has 0 radical (unpaired) electrons. The molecule has 0 amide bonds. The van der Waals surface area contributed by atoms with Gasteiger partial charge >= 0.3 is 29.6 Å². The minimum atomic E-state index is 0. The Kier molecular flexibility index (Phi) is 2250000. The Labute approximate surface area is 89.3 Å². The van der Waals surface area contributed by atoms with Crippen LogP contribution in [0.2, 0.25) is 0 Å². The Bertz CT molecular complexity index is 9.80. The number of halogens is 1. The van der Waals surface area contributed by atoms with E-state index in [1.54, 1.807) is 0 Å². The van der Waals surface area contributed by atoms with E-state index in [2.05, 4.69) is 0 Å². The predicted octanol–water partition coefficient (Wildman–Crippen LogP) is -14.2. The van der Waals surface area contributed by atoms with Gasteiger partial charge in [-0.1, -0.05) is 0 Å². The fourth-order valence-electron chi connectivity index (χ4n) is 0. The van der Waals surface area contributed by atoms with E-state index in [0.29, 0.717) is 0 Å². The molecule has 0 aromatic rings. The molecule has 0 saturated heterocycles. The van der Waals surface area contributed by atoms with Crippen LogP contribution in [0.5, 0.6) is 0 Å². The van der Waals surface area contributed by atoms with Gasteiger partial charge in [0.2, 0.25) is 0 Å². The molecule has 0 spiro atoms. The molecule has 0 bridgehead atoms. The zero-order valence-electron chi connectivity index (χ0n) is 6.38. The van der Waals surface area contributed by atoms with E-state index in [-0.39, 0.29) is 89.0 Å². The predicted molar refractivity (Wildman–Crippen MR) is 36.1 cm³/mol. The summed E-state index contributed by atoms with van der Waals surface area (Å²) in [5.41, 5.74) is 0. The zero-order chi connectivity index (χ0) is 0. The molecule has 0 rings (SSSR count). The van der Waals surface area contributed by atoms with Crippen molar-refractivity contribution >= 4 is 0 Å². The average Bonchev–Trinajstić information content (AvgIpc) is 0. The van der Waals surface area contributed by atoms with Crippen LogP contribution in [-0.2, 0) is 0 Å². The molecule has 12 heavy (non-hydrogen) atoms. The maximum absolute atomic E-state index is 0. The normalized spacial score (nSPS) is 0. The fourth-order valence-corrected chi connectivity index (χ4v) is 0. The van der Waals surface area contributed by atoms with Gasteiger partial charge in [0.05, 0.1) is 0 Å². The molecule has 0 aliphatic rings. The van der Waals surface area contributed by atoms with Crippen molar-refractivity contribution in [3.05, 3.63) is 0 Å². The largest absolute Gasteiger partial charge is 1.00 e. The van der Waals surface area contributed by atoms with Crippen molar-refractivity contribution in [1.82, 2.24) is 0 Å². The second-order valence-electron chi connectivity index (χ2n) is 0. The van der Waals surface area contributed by atoms with Gasteiger partial charge in [0.25, 0.3) is 0 Å². The summed E-state index contributed by atoms with van der Waals surface area (Å²) in [4.78, 5) is 0. The first-order chi connectivity index (χ1) is 0. The molecule has 0 unspecified atom stereocenters. The summed E-state index contributed by atoms with van der Waals surface area (Å²) in [6, 6.07) is 0. The monoisotopic (exact) mass is 222 g/mol. The number of rotatable bonds is 0. The first-order valence-corrected chi connectivity index (χ1v) is 0. The van der Waals surface area contributed by atoms with E-state index in [0.717, 1.165) is 0 Å². The summed E-state index contributed by atoms with van der Waals surface area (Å²) in [5, 5.41) is 0. The molecule has 20 N–H and O–H groups in total. The summed E-state index contributed by atoms with van der Waals surface area (Å²) in [6.07, 6.45) is 0. The van der Waals surface area contributed by atoms with E-state index in [4.69, 9.17) is 0 Å². The van der Waals surface area contributed by atoms with Crippen LogP contribution in [0.15, 0.2) is 0 Å². The van der Waals surface area contributed by atoms with Crippen LogP contribution in [0.4, 0.5) is 0 Å². The van der Waals surface area contributed by atoms with Crippen LogP contribution in [0.25, 0.3) is 0 Å². The SMILES string of the molecule is O.O.O.O.O.O.O.O.O.O.[F-].[Na+]. The molecule has 0 fully saturated rings. The molecule has 88 valence electrons. The van der Waals surface area contributed by atoms with E-state index in [1.165, 1.54) is 0 Å². The van der Waals surface area contributed by atoms with E-state index in [9.17, 15) is 0 Å². The van der Waals surface area contributed by atoms with Crippen molar-refractivity contribution in [1.29, 1.82) is 0 Å². The second kappa shape index (κ2) is 4550. The zero-order valence-corrected chi connectivity index (χ0v) is 8.38. The topological polar surface area (TPSA) is 315 Å². The maximum atomic E-state index is 0. The third-order valence-corrected chi connectivity index (χ3v) is 0. The van der Waals surface area contributed by atoms with Gasteiger partial charge in [-0.15, -0.1) is 0 Å². The molecule has 0 aromatic heterocycles. The third-order valence-electron chi connectivity index (χ3n) is 0. The first-order valence-electron chi connectivity index (χ1n) is 0. The standard InChI is InChI=1S/FH.Na.10H2O/h1H;;10*1H2/q;+1;;;;;;;;;;/p-1. The summed E-state index contributed by atoms with van der Waals surface area (Å²) in [7, 11) is 0. The van der Waals surface area contributed by atoms with Gasteiger partial charge in [0.15, 0.2) is 0 Å². The summed E-state index contributed by atoms with van der Waals surface area (Å²) >= 11 is 0. The molecular formula is H20FNaO10. The summed E-state index contributed by atoms with van der Waals surface area (Å²) < 4.78 is 0. The van der Waals surface area contributed by atoms with Crippen LogP contribution in [0.3, 0.4) is 0 Å². The van der Waals surface area contributed by atoms with Crippen molar-refractivity contribution in [2.45, 2.75) is 0 Å². The Hall–Kier alpha value is 0.530. The Balaban J connectivity index is 0. The molecular weight excluding hydrogens is 202 g/mol. The van der Waals surface area contributed by atoms with E-state index >= 15 is 0 Å². The molecule has 0 heterocycles. The van der Waals surface area contributed by atoms with Gasteiger partial charge in [-0.05, 0) is 0 Å². The van der Waals surface area contributed by atoms with Crippen molar-refractivity contribution in [3.63, 3.8) is 0 Å². The van der Waals surface area contributed by atoms with E-state index < -0.39 is 0 Å². The third kappa shape index (κ3) is 3400. The number of hydrogen-bond acceptors (Lipinski definition) is 0. The van der Waals surface area contributed by atoms with Crippen LogP contribution in [0, 0.1) is 0 Å². The number of hydrogen-bond donors (Lipinski definition) is 0. The molecule has 12 heteroatoms. The van der Waals surface area contributed by atoms with Crippen LogP contribution in [0.1, 0.15) is 0 Å².